The van der Waals surface area contributed by atoms with Gasteiger partial charge in [-0.25, -0.2) is 0 Å². The van der Waals surface area contributed by atoms with Crippen molar-refractivity contribution in [3.05, 3.63) is 34.5 Å². The zero-order chi connectivity index (χ0) is 6.53. The van der Waals surface area contributed by atoms with Crippen molar-refractivity contribution in [2.75, 3.05) is 0 Å². The molecule has 0 aliphatic carbocycles. The van der Waals surface area contributed by atoms with Gasteiger partial charge in [0.25, 0.3) is 0 Å². The Hall–Kier alpha value is -0.560. The standard InChI is InChI=1S/C8H9S/c1-2-3-5-8-6-4-7-9-8/h3-4,6-7H,2H2,1H3. The lowest BCUT2D eigenvalue weighted by Crippen LogP contribution is -1.58. The summed E-state index contributed by atoms with van der Waals surface area (Å²) in [7, 11) is 0. The van der Waals surface area contributed by atoms with E-state index in [1.165, 1.54) is 4.88 Å². The lowest BCUT2D eigenvalue weighted by molar-refractivity contribution is 1.22. The SMILES string of the molecule is CC/C=[C]\c1cccs1. The van der Waals surface area contributed by atoms with Gasteiger partial charge < -0.3 is 0 Å². The van der Waals surface area contributed by atoms with Gasteiger partial charge in [-0.3, -0.25) is 0 Å². The van der Waals surface area contributed by atoms with Crippen LogP contribution in [0.2, 0.25) is 0 Å². The number of rotatable bonds is 2. The fourth-order valence-corrected chi connectivity index (χ4v) is 1.18. The normalized spacial score (nSPS) is 10.8. The lowest BCUT2D eigenvalue weighted by atomic mass is 10.4. The summed E-state index contributed by atoms with van der Waals surface area (Å²) in [6.45, 7) is 2.11. The third kappa shape index (κ3) is 2.02. The van der Waals surface area contributed by atoms with E-state index in [-0.39, 0.29) is 0 Å². The summed E-state index contributed by atoms with van der Waals surface area (Å²) in [4.78, 5) is 1.22. The average Bonchev–Trinajstić information content (AvgIpc) is 2.34. The van der Waals surface area contributed by atoms with E-state index in [9.17, 15) is 0 Å². The van der Waals surface area contributed by atoms with Crippen LogP contribution in [0.5, 0.6) is 0 Å². The molecule has 1 rings (SSSR count). The molecule has 0 saturated carbocycles. The van der Waals surface area contributed by atoms with Gasteiger partial charge in [-0.05, 0) is 23.9 Å². The maximum atomic E-state index is 3.17. The van der Waals surface area contributed by atoms with Crippen molar-refractivity contribution >= 4 is 11.3 Å². The quantitative estimate of drug-likeness (QED) is 0.588. The van der Waals surface area contributed by atoms with Crippen LogP contribution >= 0.6 is 11.3 Å². The van der Waals surface area contributed by atoms with Crippen LogP contribution in [-0.2, 0) is 0 Å². The average molecular weight is 137 g/mol. The van der Waals surface area contributed by atoms with Crippen LogP contribution in [0.25, 0.3) is 0 Å². The van der Waals surface area contributed by atoms with Crippen LogP contribution in [0.3, 0.4) is 0 Å². The second kappa shape index (κ2) is 3.46. The molecular formula is C8H9S. The van der Waals surface area contributed by atoms with E-state index in [4.69, 9.17) is 0 Å². The zero-order valence-electron chi connectivity index (χ0n) is 5.42. The van der Waals surface area contributed by atoms with Gasteiger partial charge in [0.2, 0.25) is 0 Å². The van der Waals surface area contributed by atoms with Gasteiger partial charge in [0.1, 0.15) is 0 Å². The molecule has 0 bridgehead atoms. The van der Waals surface area contributed by atoms with E-state index < -0.39 is 0 Å². The van der Waals surface area contributed by atoms with E-state index in [2.05, 4.69) is 24.4 Å². The first kappa shape index (κ1) is 6.56. The summed E-state index contributed by atoms with van der Waals surface area (Å²) < 4.78 is 0. The molecule has 0 unspecified atom stereocenters. The third-order valence-corrected chi connectivity index (χ3v) is 1.77. The Morgan fingerprint density at radius 3 is 3.22 bits per heavy atom. The second-order valence-electron chi connectivity index (χ2n) is 1.73. The summed E-state index contributed by atoms with van der Waals surface area (Å²) in [6.07, 6.45) is 6.28. The van der Waals surface area contributed by atoms with Crippen LogP contribution in [0.1, 0.15) is 18.2 Å². The van der Waals surface area contributed by atoms with Crippen molar-refractivity contribution in [2.24, 2.45) is 0 Å². The molecule has 0 nitrogen and oxygen atoms in total. The largest absolute Gasteiger partial charge is 0.144 e. The highest BCUT2D eigenvalue weighted by Crippen LogP contribution is 2.07. The molecule has 47 valence electrons. The van der Waals surface area contributed by atoms with Gasteiger partial charge in [0.05, 0.1) is 0 Å². The van der Waals surface area contributed by atoms with Gasteiger partial charge in [-0.2, -0.15) is 0 Å². The predicted molar refractivity (Wildman–Crippen MR) is 41.5 cm³/mol. The molecule has 0 saturated heterocycles. The molecular weight excluding hydrogens is 128 g/mol. The fourth-order valence-electron chi connectivity index (χ4n) is 0.563. The molecule has 1 heteroatoms. The van der Waals surface area contributed by atoms with Crippen molar-refractivity contribution in [3.63, 3.8) is 0 Å². The highest BCUT2D eigenvalue weighted by Gasteiger charge is 1.82. The first-order valence-corrected chi connectivity index (χ1v) is 3.93. The van der Waals surface area contributed by atoms with Crippen LogP contribution in [0.4, 0.5) is 0 Å². The summed E-state index contributed by atoms with van der Waals surface area (Å²) in [5.74, 6) is 0. The Balaban J connectivity index is 2.57. The minimum atomic E-state index is 1.07. The van der Waals surface area contributed by atoms with Crippen molar-refractivity contribution in [1.29, 1.82) is 0 Å². The molecule has 1 heterocycles. The summed E-state index contributed by atoms with van der Waals surface area (Å²) in [5, 5.41) is 2.06. The summed E-state index contributed by atoms with van der Waals surface area (Å²) in [6, 6.07) is 4.10. The molecule has 0 aliphatic rings. The molecule has 0 aliphatic heterocycles. The number of hydrogen-bond acceptors (Lipinski definition) is 1. The molecule has 1 aromatic rings. The lowest BCUT2D eigenvalue weighted by Gasteiger charge is -1.77. The Morgan fingerprint density at radius 2 is 2.67 bits per heavy atom. The smallest absolute Gasteiger partial charge is 0.0345 e. The molecule has 1 radical (unpaired) electrons. The predicted octanol–water partition coefficient (Wildman–Crippen LogP) is 2.87. The molecule has 1 aromatic heterocycles. The molecule has 0 amide bonds. The highest BCUT2D eigenvalue weighted by atomic mass is 32.1. The molecule has 9 heavy (non-hydrogen) atoms. The van der Waals surface area contributed by atoms with Crippen LogP contribution < -0.4 is 0 Å². The monoisotopic (exact) mass is 137 g/mol. The van der Waals surface area contributed by atoms with E-state index in [0.717, 1.165) is 6.42 Å². The Kier molecular flexibility index (Phi) is 2.52. The van der Waals surface area contributed by atoms with E-state index >= 15 is 0 Å². The van der Waals surface area contributed by atoms with E-state index in [1.54, 1.807) is 11.3 Å². The van der Waals surface area contributed by atoms with Gasteiger partial charge in [-0.15, -0.1) is 11.3 Å². The summed E-state index contributed by atoms with van der Waals surface area (Å²) in [5.41, 5.74) is 0. The van der Waals surface area contributed by atoms with E-state index in [1.807, 2.05) is 12.1 Å². The number of hydrogen-bond donors (Lipinski definition) is 0. The maximum absolute atomic E-state index is 3.17. The Labute approximate surface area is 59.8 Å². The minimum absolute atomic E-state index is 1.07. The van der Waals surface area contributed by atoms with Crippen molar-refractivity contribution < 1.29 is 0 Å². The summed E-state index contributed by atoms with van der Waals surface area (Å²) >= 11 is 1.72. The molecule has 0 aromatic carbocycles. The van der Waals surface area contributed by atoms with Gasteiger partial charge in [0, 0.05) is 4.88 Å². The molecule has 0 spiro atoms. The van der Waals surface area contributed by atoms with E-state index in [0.29, 0.717) is 0 Å². The van der Waals surface area contributed by atoms with Crippen LogP contribution in [0, 0.1) is 6.08 Å². The van der Waals surface area contributed by atoms with Gasteiger partial charge in [0.15, 0.2) is 0 Å². The highest BCUT2D eigenvalue weighted by molar-refractivity contribution is 7.10. The van der Waals surface area contributed by atoms with Gasteiger partial charge in [-0.1, -0.05) is 19.1 Å². The number of allylic oxidation sites excluding steroid dienone is 1. The first-order valence-electron chi connectivity index (χ1n) is 3.05. The molecule has 0 atom stereocenters. The second-order valence-corrected chi connectivity index (χ2v) is 2.68. The molecule has 0 N–H and O–H groups in total. The van der Waals surface area contributed by atoms with Crippen molar-refractivity contribution in [2.45, 2.75) is 13.3 Å². The van der Waals surface area contributed by atoms with Crippen LogP contribution in [0.15, 0.2) is 23.6 Å². The fraction of sp³-hybridized carbons (Fsp3) is 0.250. The minimum Gasteiger partial charge on any atom is -0.144 e. The zero-order valence-corrected chi connectivity index (χ0v) is 6.24. The number of thiophene rings is 1. The Morgan fingerprint density at radius 1 is 1.78 bits per heavy atom. The molecule has 0 fully saturated rings. The maximum Gasteiger partial charge on any atom is 0.0345 e. The Bertz CT molecular complexity index is 172. The van der Waals surface area contributed by atoms with Crippen LogP contribution in [-0.4, -0.2) is 0 Å². The van der Waals surface area contributed by atoms with Gasteiger partial charge >= 0.3 is 0 Å². The first-order chi connectivity index (χ1) is 4.43. The van der Waals surface area contributed by atoms with Crippen molar-refractivity contribution in [1.82, 2.24) is 0 Å². The third-order valence-electron chi connectivity index (χ3n) is 0.970. The topological polar surface area (TPSA) is 0 Å². The van der Waals surface area contributed by atoms with Crippen molar-refractivity contribution in [3.8, 4) is 0 Å².